The molecule has 0 aliphatic carbocycles. The van der Waals surface area contributed by atoms with E-state index in [1.807, 2.05) is 0 Å². The molecule has 1 aliphatic rings. The zero-order valence-corrected chi connectivity index (χ0v) is 5.07. The SMILES string of the molecule is O=C1CCC(=O)O1.O=CO. The molecule has 1 fully saturated rings. The number of carboxylic acid groups (broad SMARTS) is 1. The van der Waals surface area contributed by atoms with Crippen LogP contribution in [0.4, 0.5) is 0 Å². The number of carbonyl (C=O) groups is 3. The Kier molecular flexibility index (Phi) is 3.86. The van der Waals surface area contributed by atoms with Gasteiger partial charge in [0.1, 0.15) is 0 Å². The van der Waals surface area contributed by atoms with E-state index in [9.17, 15) is 9.59 Å². The fourth-order valence-corrected chi connectivity index (χ4v) is 0.433. The second-order valence-electron chi connectivity index (χ2n) is 1.45. The lowest BCUT2D eigenvalue weighted by atomic mass is 10.4. The lowest BCUT2D eigenvalue weighted by Gasteiger charge is -1.79. The highest BCUT2D eigenvalue weighted by atomic mass is 16.6. The third-order valence-corrected chi connectivity index (χ3v) is 0.761. The van der Waals surface area contributed by atoms with Gasteiger partial charge in [0.05, 0.1) is 12.8 Å². The molecule has 0 aromatic rings. The number of esters is 2. The summed E-state index contributed by atoms with van der Waals surface area (Å²) in [4.78, 5) is 28.4. The maximum absolute atomic E-state index is 10.0. The average molecular weight is 146 g/mol. The Morgan fingerprint density at radius 1 is 1.30 bits per heavy atom. The lowest BCUT2D eigenvalue weighted by Crippen LogP contribution is -1.94. The van der Waals surface area contributed by atoms with Gasteiger partial charge in [0, 0.05) is 0 Å². The molecule has 56 valence electrons. The minimum absolute atomic E-state index is 0.250. The van der Waals surface area contributed by atoms with Gasteiger partial charge in [-0.25, -0.2) is 0 Å². The first-order valence-electron chi connectivity index (χ1n) is 2.52. The number of carbonyl (C=O) groups excluding carboxylic acids is 2. The molecule has 0 bridgehead atoms. The van der Waals surface area contributed by atoms with Crippen molar-refractivity contribution in [3.05, 3.63) is 0 Å². The summed E-state index contributed by atoms with van der Waals surface area (Å²) in [5.74, 6) is -0.796. The van der Waals surface area contributed by atoms with Crippen LogP contribution < -0.4 is 0 Å². The summed E-state index contributed by atoms with van der Waals surface area (Å²) in [5, 5.41) is 6.89. The van der Waals surface area contributed by atoms with E-state index in [2.05, 4.69) is 4.74 Å². The van der Waals surface area contributed by atoms with Crippen molar-refractivity contribution in [3.8, 4) is 0 Å². The van der Waals surface area contributed by atoms with E-state index in [1.54, 1.807) is 0 Å². The van der Waals surface area contributed by atoms with E-state index in [0.717, 1.165) is 0 Å². The number of cyclic esters (lactones) is 2. The second kappa shape index (κ2) is 4.49. The maximum Gasteiger partial charge on any atom is 0.314 e. The van der Waals surface area contributed by atoms with Gasteiger partial charge < -0.3 is 9.84 Å². The van der Waals surface area contributed by atoms with Crippen molar-refractivity contribution in [2.24, 2.45) is 0 Å². The predicted molar refractivity (Wildman–Crippen MR) is 29.0 cm³/mol. The second-order valence-corrected chi connectivity index (χ2v) is 1.45. The van der Waals surface area contributed by atoms with Gasteiger partial charge in [-0.15, -0.1) is 0 Å². The van der Waals surface area contributed by atoms with Crippen molar-refractivity contribution in [1.82, 2.24) is 0 Å². The molecule has 0 spiro atoms. The molecule has 1 rings (SSSR count). The molecule has 1 saturated heterocycles. The van der Waals surface area contributed by atoms with Crippen molar-refractivity contribution in [1.29, 1.82) is 0 Å². The Balaban J connectivity index is 0.000000236. The molecule has 0 atom stereocenters. The molecule has 0 radical (unpaired) electrons. The van der Waals surface area contributed by atoms with Crippen molar-refractivity contribution in [2.45, 2.75) is 12.8 Å². The van der Waals surface area contributed by atoms with Gasteiger partial charge in [0.15, 0.2) is 0 Å². The van der Waals surface area contributed by atoms with Gasteiger partial charge in [0.2, 0.25) is 0 Å². The summed E-state index contributed by atoms with van der Waals surface area (Å²) in [7, 11) is 0. The van der Waals surface area contributed by atoms with Gasteiger partial charge in [-0.1, -0.05) is 0 Å². The smallest absolute Gasteiger partial charge is 0.314 e. The Labute approximate surface area is 56.6 Å². The standard InChI is InChI=1S/C4H4O3.CH2O2/c5-3-1-2-4(6)7-3;2-1-3/h1-2H2;1H,(H,2,3). The minimum Gasteiger partial charge on any atom is -0.483 e. The lowest BCUT2D eigenvalue weighted by molar-refractivity contribution is -0.152. The Hall–Kier alpha value is -1.39. The largest absolute Gasteiger partial charge is 0.483 e. The molecular weight excluding hydrogens is 140 g/mol. The van der Waals surface area contributed by atoms with Crippen molar-refractivity contribution in [2.75, 3.05) is 0 Å². The molecule has 0 saturated carbocycles. The van der Waals surface area contributed by atoms with Gasteiger partial charge in [0.25, 0.3) is 6.47 Å². The number of hydrogen-bond acceptors (Lipinski definition) is 4. The van der Waals surface area contributed by atoms with Crippen LogP contribution in [0.25, 0.3) is 0 Å². The fourth-order valence-electron chi connectivity index (χ4n) is 0.433. The number of hydrogen-bond donors (Lipinski definition) is 1. The summed E-state index contributed by atoms with van der Waals surface area (Å²) >= 11 is 0. The molecule has 5 nitrogen and oxygen atoms in total. The van der Waals surface area contributed by atoms with Gasteiger partial charge >= 0.3 is 11.9 Å². The highest BCUT2D eigenvalue weighted by Crippen LogP contribution is 2.03. The number of ether oxygens (including phenoxy) is 1. The first-order chi connectivity index (χ1) is 4.70. The van der Waals surface area contributed by atoms with E-state index in [0.29, 0.717) is 0 Å². The molecule has 0 aromatic heterocycles. The quantitative estimate of drug-likeness (QED) is 0.284. The monoisotopic (exact) mass is 146 g/mol. The van der Waals surface area contributed by atoms with Crippen LogP contribution in [0.1, 0.15) is 12.8 Å². The van der Waals surface area contributed by atoms with E-state index in [1.165, 1.54) is 0 Å². The van der Waals surface area contributed by atoms with E-state index >= 15 is 0 Å². The fraction of sp³-hybridized carbons (Fsp3) is 0.400. The summed E-state index contributed by atoms with van der Waals surface area (Å²) in [6, 6.07) is 0. The van der Waals surface area contributed by atoms with Crippen LogP contribution in [0, 0.1) is 0 Å². The third-order valence-electron chi connectivity index (χ3n) is 0.761. The van der Waals surface area contributed by atoms with Crippen LogP contribution in [-0.4, -0.2) is 23.5 Å². The Morgan fingerprint density at radius 3 is 1.70 bits per heavy atom. The molecule has 0 amide bonds. The molecule has 0 unspecified atom stereocenters. The topological polar surface area (TPSA) is 80.7 Å². The van der Waals surface area contributed by atoms with Crippen molar-refractivity contribution >= 4 is 18.4 Å². The highest BCUT2D eigenvalue weighted by molar-refractivity contribution is 5.92. The average Bonchev–Trinajstić information content (AvgIpc) is 2.17. The van der Waals surface area contributed by atoms with E-state index in [-0.39, 0.29) is 19.3 Å². The van der Waals surface area contributed by atoms with Crippen LogP contribution in [0.2, 0.25) is 0 Å². The van der Waals surface area contributed by atoms with E-state index < -0.39 is 11.9 Å². The van der Waals surface area contributed by atoms with Gasteiger partial charge in [-0.3, -0.25) is 14.4 Å². The third kappa shape index (κ3) is 3.59. The molecule has 1 N–H and O–H groups in total. The van der Waals surface area contributed by atoms with Crippen LogP contribution in [0.5, 0.6) is 0 Å². The summed E-state index contributed by atoms with van der Waals surface area (Å²) < 4.78 is 4.08. The molecule has 10 heavy (non-hydrogen) atoms. The van der Waals surface area contributed by atoms with E-state index in [4.69, 9.17) is 9.90 Å². The molecule has 1 heterocycles. The molecule has 0 aromatic carbocycles. The molecule has 1 aliphatic heterocycles. The molecule has 5 heteroatoms. The predicted octanol–water partition coefficient (Wildman–Crippen LogP) is -0.449. The number of rotatable bonds is 0. The van der Waals surface area contributed by atoms with Crippen LogP contribution >= 0.6 is 0 Å². The molecular formula is C5H6O5. The first-order valence-corrected chi connectivity index (χ1v) is 2.52. The first kappa shape index (κ1) is 8.61. The minimum atomic E-state index is -0.398. The Bertz CT molecular complexity index is 136. The normalized spacial score (nSPS) is 15.2. The zero-order chi connectivity index (χ0) is 7.98. The van der Waals surface area contributed by atoms with Crippen LogP contribution in [0.15, 0.2) is 0 Å². The van der Waals surface area contributed by atoms with Crippen LogP contribution in [-0.2, 0) is 19.1 Å². The summed E-state index contributed by atoms with van der Waals surface area (Å²) in [6.07, 6.45) is 0.525. The van der Waals surface area contributed by atoms with Crippen molar-refractivity contribution in [3.63, 3.8) is 0 Å². The Morgan fingerprint density at radius 2 is 1.60 bits per heavy atom. The van der Waals surface area contributed by atoms with Gasteiger partial charge in [-0.2, -0.15) is 0 Å². The summed E-state index contributed by atoms with van der Waals surface area (Å²) in [5.41, 5.74) is 0. The van der Waals surface area contributed by atoms with Crippen molar-refractivity contribution < 1.29 is 24.2 Å². The highest BCUT2D eigenvalue weighted by Gasteiger charge is 2.19. The zero-order valence-electron chi connectivity index (χ0n) is 5.07. The van der Waals surface area contributed by atoms with Crippen LogP contribution in [0.3, 0.4) is 0 Å². The van der Waals surface area contributed by atoms with Gasteiger partial charge in [-0.05, 0) is 0 Å². The maximum atomic E-state index is 10.0. The summed E-state index contributed by atoms with van der Waals surface area (Å²) in [6.45, 7) is -0.250.